The Bertz CT molecular complexity index is 442. The second-order valence-corrected chi connectivity index (χ2v) is 3.23. The first kappa shape index (κ1) is 8.97. The van der Waals surface area contributed by atoms with Crippen LogP contribution >= 0.6 is 11.6 Å². The Morgan fingerprint density at radius 3 is 2.71 bits per heavy atom. The molecular formula is C10H8ClN3. The molecular weight excluding hydrogens is 198 g/mol. The average molecular weight is 206 g/mol. The standard InChI is InChI=1S/C10H8ClN3/c11-8-2-1-7(5-9(8)12)10-6-13-3-4-14-10/h1-6H,12H2. The summed E-state index contributed by atoms with van der Waals surface area (Å²) in [6.07, 6.45) is 4.95. The zero-order chi connectivity index (χ0) is 9.97. The molecule has 0 fully saturated rings. The van der Waals surface area contributed by atoms with Crippen molar-refractivity contribution in [3.8, 4) is 11.3 Å². The molecule has 0 radical (unpaired) electrons. The van der Waals surface area contributed by atoms with Crippen molar-refractivity contribution < 1.29 is 0 Å². The minimum Gasteiger partial charge on any atom is -0.398 e. The Labute approximate surface area is 86.6 Å². The van der Waals surface area contributed by atoms with E-state index in [-0.39, 0.29) is 0 Å². The van der Waals surface area contributed by atoms with Crippen LogP contribution in [0.25, 0.3) is 11.3 Å². The van der Waals surface area contributed by atoms with Crippen LogP contribution in [0.4, 0.5) is 5.69 Å². The highest BCUT2D eigenvalue weighted by Crippen LogP contribution is 2.24. The monoisotopic (exact) mass is 205 g/mol. The van der Waals surface area contributed by atoms with Crippen LogP contribution in [0.3, 0.4) is 0 Å². The molecule has 0 saturated heterocycles. The van der Waals surface area contributed by atoms with Crippen LogP contribution in [-0.4, -0.2) is 9.97 Å². The van der Waals surface area contributed by atoms with E-state index in [9.17, 15) is 0 Å². The number of benzene rings is 1. The van der Waals surface area contributed by atoms with Crippen LogP contribution in [0, 0.1) is 0 Å². The van der Waals surface area contributed by atoms with Gasteiger partial charge in [-0.1, -0.05) is 17.7 Å². The van der Waals surface area contributed by atoms with Gasteiger partial charge in [0.15, 0.2) is 0 Å². The lowest BCUT2D eigenvalue weighted by Gasteiger charge is -2.02. The number of anilines is 1. The van der Waals surface area contributed by atoms with E-state index in [1.54, 1.807) is 30.7 Å². The van der Waals surface area contributed by atoms with Crippen molar-refractivity contribution in [3.63, 3.8) is 0 Å². The van der Waals surface area contributed by atoms with Crippen molar-refractivity contribution in [2.45, 2.75) is 0 Å². The van der Waals surface area contributed by atoms with Gasteiger partial charge in [-0.3, -0.25) is 9.97 Å². The minimum absolute atomic E-state index is 0.551. The maximum atomic E-state index is 5.81. The lowest BCUT2D eigenvalue weighted by molar-refractivity contribution is 1.21. The molecule has 1 aromatic heterocycles. The molecule has 0 bridgehead atoms. The molecule has 0 aliphatic rings. The molecule has 2 N–H and O–H groups in total. The lowest BCUT2D eigenvalue weighted by Crippen LogP contribution is -1.89. The first-order valence-electron chi connectivity index (χ1n) is 4.09. The molecule has 0 atom stereocenters. The van der Waals surface area contributed by atoms with Crippen LogP contribution in [0.2, 0.25) is 5.02 Å². The van der Waals surface area contributed by atoms with Gasteiger partial charge in [0.2, 0.25) is 0 Å². The largest absolute Gasteiger partial charge is 0.398 e. The Balaban J connectivity index is 2.48. The first-order chi connectivity index (χ1) is 6.77. The molecule has 1 aromatic carbocycles. The number of nitrogens with zero attached hydrogens (tertiary/aromatic N) is 2. The zero-order valence-electron chi connectivity index (χ0n) is 7.31. The molecule has 2 rings (SSSR count). The van der Waals surface area contributed by atoms with Crippen molar-refractivity contribution in [1.82, 2.24) is 9.97 Å². The Hall–Kier alpha value is -1.61. The molecule has 3 nitrogen and oxygen atoms in total. The summed E-state index contributed by atoms with van der Waals surface area (Å²) in [5, 5.41) is 0.553. The van der Waals surface area contributed by atoms with E-state index in [0.29, 0.717) is 10.7 Å². The summed E-state index contributed by atoms with van der Waals surface area (Å²) in [7, 11) is 0. The van der Waals surface area contributed by atoms with E-state index < -0.39 is 0 Å². The zero-order valence-corrected chi connectivity index (χ0v) is 8.07. The summed E-state index contributed by atoms with van der Waals surface area (Å²) >= 11 is 5.81. The molecule has 0 unspecified atom stereocenters. The molecule has 4 heteroatoms. The Morgan fingerprint density at radius 1 is 1.21 bits per heavy atom. The van der Waals surface area contributed by atoms with Gasteiger partial charge in [0.1, 0.15) is 0 Å². The summed E-state index contributed by atoms with van der Waals surface area (Å²) in [6.45, 7) is 0. The highest BCUT2D eigenvalue weighted by atomic mass is 35.5. The third kappa shape index (κ3) is 1.67. The number of hydrogen-bond acceptors (Lipinski definition) is 3. The molecule has 2 aromatic rings. The van der Waals surface area contributed by atoms with Gasteiger partial charge in [-0.2, -0.15) is 0 Å². The van der Waals surface area contributed by atoms with Gasteiger partial charge in [-0.05, 0) is 12.1 Å². The van der Waals surface area contributed by atoms with E-state index in [0.717, 1.165) is 11.3 Å². The van der Waals surface area contributed by atoms with Crippen molar-refractivity contribution in [2.24, 2.45) is 0 Å². The molecule has 0 spiro atoms. The van der Waals surface area contributed by atoms with Crippen LogP contribution in [-0.2, 0) is 0 Å². The van der Waals surface area contributed by atoms with Gasteiger partial charge in [0.05, 0.1) is 22.6 Å². The van der Waals surface area contributed by atoms with Gasteiger partial charge in [-0.25, -0.2) is 0 Å². The van der Waals surface area contributed by atoms with Gasteiger partial charge in [0, 0.05) is 18.0 Å². The molecule has 14 heavy (non-hydrogen) atoms. The third-order valence-corrected chi connectivity index (χ3v) is 2.20. The van der Waals surface area contributed by atoms with E-state index in [1.165, 1.54) is 0 Å². The average Bonchev–Trinajstić information content (AvgIpc) is 2.23. The fraction of sp³-hybridized carbons (Fsp3) is 0. The van der Waals surface area contributed by atoms with E-state index in [1.807, 2.05) is 6.07 Å². The van der Waals surface area contributed by atoms with Crippen molar-refractivity contribution in [2.75, 3.05) is 5.73 Å². The molecule has 70 valence electrons. The summed E-state index contributed by atoms with van der Waals surface area (Å²) < 4.78 is 0. The number of hydrogen-bond donors (Lipinski definition) is 1. The van der Waals surface area contributed by atoms with Gasteiger partial charge >= 0.3 is 0 Å². The predicted molar refractivity (Wildman–Crippen MR) is 56.9 cm³/mol. The smallest absolute Gasteiger partial charge is 0.0885 e. The van der Waals surface area contributed by atoms with Crippen LogP contribution < -0.4 is 5.73 Å². The van der Waals surface area contributed by atoms with Gasteiger partial charge < -0.3 is 5.73 Å². The van der Waals surface area contributed by atoms with E-state index in [2.05, 4.69) is 9.97 Å². The second-order valence-electron chi connectivity index (χ2n) is 2.83. The van der Waals surface area contributed by atoms with E-state index in [4.69, 9.17) is 17.3 Å². The number of nitrogen functional groups attached to an aromatic ring is 1. The molecule has 1 heterocycles. The molecule has 0 amide bonds. The maximum absolute atomic E-state index is 5.81. The van der Waals surface area contributed by atoms with Crippen molar-refractivity contribution in [3.05, 3.63) is 41.8 Å². The van der Waals surface area contributed by atoms with Crippen LogP contribution in [0.5, 0.6) is 0 Å². The lowest BCUT2D eigenvalue weighted by atomic mass is 10.1. The predicted octanol–water partition coefficient (Wildman–Crippen LogP) is 2.38. The fourth-order valence-electron chi connectivity index (χ4n) is 1.15. The SMILES string of the molecule is Nc1cc(-c2cnccn2)ccc1Cl. The van der Waals surface area contributed by atoms with Gasteiger partial charge in [-0.15, -0.1) is 0 Å². The molecule has 0 aliphatic heterocycles. The fourth-order valence-corrected chi connectivity index (χ4v) is 1.27. The summed E-state index contributed by atoms with van der Waals surface area (Å²) in [5.41, 5.74) is 7.93. The van der Waals surface area contributed by atoms with Crippen LogP contribution in [0.1, 0.15) is 0 Å². The number of aromatic nitrogens is 2. The number of nitrogens with two attached hydrogens (primary N) is 1. The van der Waals surface area contributed by atoms with Gasteiger partial charge in [0.25, 0.3) is 0 Å². The molecule has 0 aliphatic carbocycles. The Kier molecular flexibility index (Phi) is 2.33. The number of halogens is 1. The van der Waals surface area contributed by atoms with Crippen LogP contribution in [0.15, 0.2) is 36.8 Å². The molecule has 0 saturated carbocycles. The highest BCUT2D eigenvalue weighted by Gasteiger charge is 2.01. The van der Waals surface area contributed by atoms with E-state index >= 15 is 0 Å². The summed E-state index contributed by atoms with van der Waals surface area (Å²) in [6, 6.07) is 5.40. The third-order valence-electron chi connectivity index (χ3n) is 1.85. The van der Waals surface area contributed by atoms with Crippen molar-refractivity contribution in [1.29, 1.82) is 0 Å². The summed E-state index contributed by atoms with van der Waals surface area (Å²) in [4.78, 5) is 8.14. The summed E-state index contributed by atoms with van der Waals surface area (Å²) in [5.74, 6) is 0. The Morgan fingerprint density at radius 2 is 2.07 bits per heavy atom. The maximum Gasteiger partial charge on any atom is 0.0885 e. The second kappa shape index (κ2) is 3.64. The number of rotatable bonds is 1. The first-order valence-corrected chi connectivity index (χ1v) is 4.46. The quantitative estimate of drug-likeness (QED) is 0.728. The minimum atomic E-state index is 0.551. The normalized spacial score (nSPS) is 10.1. The topological polar surface area (TPSA) is 51.8 Å². The van der Waals surface area contributed by atoms with Crippen molar-refractivity contribution >= 4 is 17.3 Å². The highest BCUT2D eigenvalue weighted by molar-refractivity contribution is 6.33.